The quantitative estimate of drug-likeness (QED) is 0.420. The van der Waals surface area contributed by atoms with Gasteiger partial charge < -0.3 is 14.6 Å². The molecule has 2 heterocycles. The minimum absolute atomic E-state index is 0.0305. The minimum Gasteiger partial charge on any atom is -0.481 e. The summed E-state index contributed by atoms with van der Waals surface area (Å²) in [5.74, 6) is 0.718. The van der Waals surface area contributed by atoms with E-state index in [2.05, 4.69) is 46.7 Å². The zero-order chi connectivity index (χ0) is 24.5. The first kappa shape index (κ1) is 22.5. The summed E-state index contributed by atoms with van der Waals surface area (Å²) in [6.45, 7) is 1.25. The average molecular weight is 480 g/mol. The molecule has 0 bridgehead atoms. The predicted octanol–water partition coefficient (Wildman–Crippen LogP) is 5.04. The summed E-state index contributed by atoms with van der Waals surface area (Å²) in [5, 5.41) is 5.24. The molecule has 1 N–H and O–H groups in total. The molecule has 0 radical (unpaired) electrons. The van der Waals surface area contributed by atoms with Crippen LogP contribution in [0.3, 0.4) is 0 Å². The molecule has 3 aromatic carbocycles. The van der Waals surface area contributed by atoms with Crippen molar-refractivity contribution in [2.45, 2.75) is 44.8 Å². The monoisotopic (exact) mass is 479 g/mol. The van der Waals surface area contributed by atoms with Gasteiger partial charge in [0.2, 0.25) is 5.75 Å². The van der Waals surface area contributed by atoms with Gasteiger partial charge in [0, 0.05) is 19.0 Å². The summed E-state index contributed by atoms with van der Waals surface area (Å²) in [7, 11) is 0. The Hall–Kier alpha value is -3.93. The molecule has 182 valence electrons. The maximum Gasteiger partial charge on any atom is 0.316 e. The van der Waals surface area contributed by atoms with Crippen molar-refractivity contribution in [3.8, 4) is 5.75 Å². The first-order valence-electron chi connectivity index (χ1n) is 12.8. The molecule has 6 nitrogen and oxygen atoms in total. The Labute approximate surface area is 210 Å². The molecule has 4 aromatic rings. The SMILES string of the molecule is O=C1NCCn2c(C(c3cccc4ccccc34)C3CCCC3)nc(=O)c(OCc3ccccc3)c21. The van der Waals surface area contributed by atoms with Crippen LogP contribution in [0.15, 0.2) is 77.6 Å². The molecule has 1 amide bonds. The van der Waals surface area contributed by atoms with Gasteiger partial charge in [0.15, 0.2) is 5.69 Å². The van der Waals surface area contributed by atoms with Crippen molar-refractivity contribution >= 4 is 16.7 Å². The van der Waals surface area contributed by atoms with Crippen molar-refractivity contribution in [3.05, 3.63) is 106 Å². The van der Waals surface area contributed by atoms with Crippen molar-refractivity contribution < 1.29 is 9.53 Å². The lowest BCUT2D eigenvalue weighted by Gasteiger charge is -2.31. The Balaban J connectivity index is 1.52. The van der Waals surface area contributed by atoms with Crippen LogP contribution in [0.1, 0.15) is 59.0 Å². The van der Waals surface area contributed by atoms with Gasteiger partial charge in [-0.15, -0.1) is 0 Å². The Bertz CT molecular complexity index is 1470. The fraction of sp³-hybridized carbons (Fsp3) is 0.300. The van der Waals surface area contributed by atoms with Crippen molar-refractivity contribution in [2.24, 2.45) is 5.92 Å². The maximum atomic E-state index is 13.5. The van der Waals surface area contributed by atoms with Crippen molar-refractivity contribution in [2.75, 3.05) is 6.54 Å². The minimum atomic E-state index is -0.479. The van der Waals surface area contributed by atoms with E-state index in [0.29, 0.717) is 24.8 Å². The molecule has 0 spiro atoms. The second kappa shape index (κ2) is 9.61. The first-order valence-corrected chi connectivity index (χ1v) is 12.8. The average Bonchev–Trinajstić information content (AvgIpc) is 3.44. The highest BCUT2D eigenvalue weighted by molar-refractivity contribution is 5.96. The lowest BCUT2D eigenvalue weighted by atomic mass is 9.81. The number of hydrogen-bond donors (Lipinski definition) is 1. The largest absolute Gasteiger partial charge is 0.481 e. The van der Waals surface area contributed by atoms with E-state index in [9.17, 15) is 9.59 Å². The second-order valence-corrected chi connectivity index (χ2v) is 9.73. The summed E-state index contributed by atoms with van der Waals surface area (Å²) in [6.07, 6.45) is 4.50. The van der Waals surface area contributed by atoms with Gasteiger partial charge in [0.25, 0.3) is 5.91 Å². The summed E-state index contributed by atoms with van der Waals surface area (Å²) in [6, 6.07) is 24.4. The number of carbonyl (C=O) groups is 1. The Morgan fingerprint density at radius 3 is 2.53 bits per heavy atom. The fourth-order valence-corrected chi connectivity index (χ4v) is 5.88. The van der Waals surface area contributed by atoms with Crippen LogP contribution in [0, 0.1) is 5.92 Å². The maximum absolute atomic E-state index is 13.5. The molecule has 1 saturated carbocycles. The van der Waals surface area contributed by atoms with Crippen LogP contribution in [0.4, 0.5) is 0 Å². The van der Waals surface area contributed by atoms with Crippen LogP contribution >= 0.6 is 0 Å². The third kappa shape index (κ3) is 4.06. The van der Waals surface area contributed by atoms with E-state index in [1.807, 2.05) is 41.0 Å². The topological polar surface area (TPSA) is 73.2 Å². The second-order valence-electron chi connectivity index (χ2n) is 9.73. The van der Waals surface area contributed by atoms with Gasteiger partial charge in [-0.3, -0.25) is 9.59 Å². The summed E-state index contributed by atoms with van der Waals surface area (Å²) in [4.78, 5) is 31.3. The zero-order valence-corrected chi connectivity index (χ0v) is 20.2. The molecule has 6 heteroatoms. The van der Waals surface area contributed by atoms with E-state index in [1.165, 1.54) is 29.2 Å². The highest BCUT2D eigenvalue weighted by Crippen LogP contribution is 2.43. The lowest BCUT2D eigenvalue weighted by Crippen LogP contribution is -2.41. The van der Waals surface area contributed by atoms with Crippen molar-refractivity contribution in [1.82, 2.24) is 14.9 Å². The van der Waals surface area contributed by atoms with Crippen molar-refractivity contribution in [1.29, 1.82) is 0 Å². The highest BCUT2D eigenvalue weighted by Gasteiger charge is 2.36. The standard InChI is InChI=1S/C30H29N3O3/c34-29-26-27(36-19-20-9-2-1-3-10-20)30(35)32-28(33(26)18-17-31-29)25(22-12-4-5-13-22)24-16-8-14-21-11-6-7-15-23(21)24/h1-3,6-11,14-16,22,25H,4-5,12-13,17-19H2,(H,31,34). The molecular formula is C30H29N3O3. The molecule has 2 aliphatic rings. The number of hydrogen-bond acceptors (Lipinski definition) is 4. The van der Waals surface area contributed by atoms with Gasteiger partial charge in [-0.05, 0) is 40.7 Å². The van der Waals surface area contributed by atoms with E-state index in [4.69, 9.17) is 4.74 Å². The fourth-order valence-electron chi connectivity index (χ4n) is 5.88. The molecule has 1 fully saturated rings. The number of nitrogens with zero attached hydrogens (tertiary/aromatic N) is 2. The predicted molar refractivity (Wildman–Crippen MR) is 139 cm³/mol. The van der Waals surface area contributed by atoms with Gasteiger partial charge in [-0.25, -0.2) is 0 Å². The molecule has 0 saturated heterocycles. The molecule has 1 unspecified atom stereocenters. The third-order valence-electron chi connectivity index (χ3n) is 7.54. The molecule has 1 aliphatic carbocycles. The van der Waals surface area contributed by atoms with Gasteiger partial charge in [0.05, 0.1) is 0 Å². The number of carbonyl (C=O) groups excluding carboxylic acids is 1. The van der Waals surface area contributed by atoms with Crippen LogP contribution in [-0.2, 0) is 13.2 Å². The van der Waals surface area contributed by atoms with Gasteiger partial charge in [-0.2, -0.15) is 4.98 Å². The molecule has 1 aromatic heterocycles. The Morgan fingerprint density at radius 2 is 1.69 bits per heavy atom. The van der Waals surface area contributed by atoms with Crippen molar-refractivity contribution in [3.63, 3.8) is 0 Å². The van der Waals surface area contributed by atoms with E-state index in [1.54, 1.807) is 0 Å². The van der Waals surface area contributed by atoms with Gasteiger partial charge in [-0.1, -0.05) is 85.6 Å². The third-order valence-corrected chi connectivity index (χ3v) is 7.54. The number of rotatable bonds is 6. The van der Waals surface area contributed by atoms with Crippen LogP contribution in [0.5, 0.6) is 5.75 Å². The smallest absolute Gasteiger partial charge is 0.316 e. The van der Waals surface area contributed by atoms with E-state index in [-0.39, 0.29) is 29.9 Å². The number of ether oxygens (including phenoxy) is 1. The van der Waals surface area contributed by atoms with E-state index in [0.717, 1.165) is 18.4 Å². The first-order chi connectivity index (χ1) is 17.7. The van der Waals surface area contributed by atoms with E-state index >= 15 is 0 Å². The van der Waals surface area contributed by atoms with Gasteiger partial charge >= 0.3 is 5.56 Å². The molecular weight excluding hydrogens is 450 g/mol. The Morgan fingerprint density at radius 1 is 0.944 bits per heavy atom. The molecule has 1 aliphatic heterocycles. The van der Waals surface area contributed by atoms with Crippen LogP contribution in [0.2, 0.25) is 0 Å². The summed E-state index contributed by atoms with van der Waals surface area (Å²) < 4.78 is 7.92. The number of fused-ring (bicyclic) bond motifs is 2. The summed E-state index contributed by atoms with van der Waals surface area (Å²) >= 11 is 0. The molecule has 6 rings (SSSR count). The van der Waals surface area contributed by atoms with Crippen LogP contribution < -0.4 is 15.6 Å². The number of amides is 1. The van der Waals surface area contributed by atoms with Crippen LogP contribution in [-0.4, -0.2) is 22.0 Å². The summed E-state index contributed by atoms with van der Waals surface area (Å²) in [5.41, 5.74) is 1.91. The Kier molecular flexibility index (Phi) is 6.01. The normalized spacial score (nSPS) is 16.5. The molecule has 36 heavy (non-hydrogen) atoms. The zero-order valence-electron chi connectivity index (χ0n) is 20.2. The van der Waals surface area contributed by atoms with Crippen LogP contribution in [0.25, 0.3) is 10.8 Å². The van der Waals surface area contributed by atoms with E-state index < -0.39 is 5.56 Å². The van der Waals surface area contributed by atoms with Gasteiger partial charge in [0.1, 0.15) is 12.4 Å². The number of nitrogens with one attached hydrogen (secondary N) is 1. The number of benzene rings is 3. The lowest BCUT2D eigenvalue weighted by molar-refractivity contribution is 0.0916. The molecule has 1 atom stereocenters. The number of aromatic nitrogens is 2. The highest BCUT2D eigenvalue weighted by atomic mass is 16.5.